The number of rotatable bonds is 4. The van der Waals surface area contributed by atoms with Crippen molar-refractivity contribution in [2.24, 2.45) is 16.2 Å². The zero-order valence-corrected chi connectivity index (χ0v) is 20.1. The van der Waals surface area contributed by atoms with Crippen molar-refractivity contribution in [1.29, 1.82) is 0 Å². The molecule has 2 amide bonds. The first-order valence-electron chi connectivity index (χ1n) is 11.3. The van der Waals surface area contributed by atoms with Gasteiger partial charge < -0.3 is 19.0 Å². The fraction of sp³-hybridized carbons (Fsp3) is 0.609. The number of aliphatic hydroxyl groups is 1. The Bertz CT molecular complexity index is 1130. The molecule has 32 heavy (non-hydrogen) atoms. The minimum Gasteiger partial charge on any atom is -0.438 e. The molecule has 0 aromatic carbocycles. The number of allylic oxidation sites excluding steroid dienone is 3. The molecule has 1 aromatic heterocycles. The Labute approximate surface area is 190 Å². The zero-order valence-electron chi connectivity index (χ0n) is 19.3. The zero-order chi connectivity index (χ0) is 23.4. The van der Waals surface area contributed by atoms with Gasteiger partial charge in [-0.3, -0.25) is 9.48 Å². The molecule has 2 atom stereocenters. The average molecular weight is 460 g/mol. The Morgan fingerprint density at radius 2 is 2.06 bits per heavy atom. The lowest BCUT2D eigenvalue weighted by atomic mass is 9.76. The highest BCUT2D eigenvalue weighted by atomic mass is 32.2. The largest absolute Gasteiger partial charge is 0.438 e. The third kappa shape index (κ3) is 3.96. The van der Waals surface area contributed by atoms with E-state index in [1.165, 1.54) is 11.6 Å². The van der Waals surface area contributed by atoms with Crippen molar-refractivity contribution < 1.29 is 18.9 Å². The van der Waals surface area contributed by atoms with Crippen LogP contribution in [0.5, 0.6) is 0 Å². The van der Waals surface area contributed by atoms with Crippen molar-refractivity contribution in [3.63, 3.8) is 0 Å². The normalized spacial score (nSPS) is 24.4. The summed E-state index contributed by atoms with van der Waals surface area (Å²) in [6, 6.07) is 0.706. The van der Waals surface area contributed by atoms with Crippen molar-refractivity contribution in [3.05, 3.63) is 34.2 Å². The molecule has 0 saturated heterocycles. The van der Waals surface area contributed by atoms with Gasteiger partial charge in [-0.15, -0.1) is 10.6 Å². The van der Waals surface area contributed by atoms with E-state index in [1.807, 2.05) is 13.8 Å². The molecule has 174 valence electrons. The molecule has 9 heteroatoms. The highest BCUT2D eigenvalue weighted by Gasteiger charge is 2.42. The van der Waals surface area contributed by atoms with Crippen LogP contribution in [0.2, 0.25) is 0 Å². The fourth-order valence-electron chi connectivity index (χ4n) is 5.26. The third-order valence-corrected chi connectivity index (χ3v) is 7.63. The van der Waals surface area contributed by atoms with E-state index in [4.69, 9.17) is 0 Å². The summed E-state index contributed by atoms with van der Waals surface area (Å²) in [4.78, 5) is 25.4. The molecular weight excluding hydrogens is 428 g/mol. The number of amides is 2. The van der Waals surface area contributed by atoms with Crippen molar-refractivity contribution in [2.45, 2.75) is 83.4 Å². The molecule has 1 aromatic rings. The molecule has 1 heterocycles. The molecule has 0 spiro atoms. The predicted molar refractivity (Wildman–Crippen MR) is 120 cm³/mol. The van der Waals surface area contributed by atoms with Gasteiger partial charge in [0.25, 0.3) is 0 Å². The molecule has 3 aliphatic carbocycles. The predicted octanol–water partition coefficient (Wildman–Crippen LogP) is 4.27. The number of aromatic nitrogens is 2. The standard InChI is InChI=1S/C23H31N4O4S/c1-12(2)27-18(23(4,5)30)11-19(25-27)32(31)26-22(29)24-21-16-8-6-7-14(16)13(3)15-9-10-17(28)20(15)21/h11-13,15,30H,6-10H2,1-5H3,(H,24,29)/q-1. The monoisotopic (exact) mass is 459 g/mol. The summed E-state index contributed by atoms with van der Waals surface area (Å²) >= 11 is 0. The molecule has 3 aliphatic rings. The first kappa shape index (κ1) is 22.9. The van der Waals surface area contributed by atoms with Gasteiger partial charge in [-0.05, 0) is 76.9 Å². The quantitative estimate of drug-likeness (QED) is 0.653. The van der Waals surface area contributed by atoms with Gasteiger partial charge in [0, 0.05) is 23.1 Å². The number of ketones is 1. The van der Waals surface area contributed by atoms with E-state index in [9.17, 15) is 18.9 Å². The molecule has 1 saturated carbocycles. The molecule has 8 nitrogen and oxygen atoms in total. The minimum absolute atomic E-state index is 0.0646. The maximum Gasteiger partial charge on any atom is 0.322 e. The Balaban J connectivity index is 1.65. The number of carbonyl (C=O) groups is 2. The van der Waals surface area contributed by atoms with Crippen LogP contribution in [0.3, 0.4) is 0 Å². The lowest BCUT2D eigenvalue weighted by Crippen LogP contribution is -2.30. The molecule has 0 aliphatic heterocycles. The van der Waals surface area contributed by atoms with Crippen LogP contribution >= 0.6 is 0 Å². The van der Waals surface area contributed by atoms with Crippen LogP contribution in [0.1, 0.15) is 78.5 Å². The highest BCUT2D eigenvalue weighted by molar-refractivity contribution is 7.75. The van der Waals surface area contributed by atoms with E-state index in [0.29, 0.717) is 29.3 Å². The Morgan fingerprint density at radius 3 is 2.69 bits per heavy atom. The van der Waals surface area contributed by atoms with Gasteiger partial charge in [-0.25, -0.2) is 4.79 Å². The van der Waals surface area contributed by atoms with Crippen molar-refractivity contribution in [2.75, 3.05) is 0 Å². The van der Waals surface area contributed by atoms with Crippen LogP contribution in [0.25, 0.3) is 0 Å². The first-order chi connectivity index (χ1) is 15.0. The van der Waals surface area contributed by atoms with Gasteiger partial charge in [-0.1, -0.05) is 12.5 Å². The topological polar surface area (TPSA) is 114 Å². The molecule has 0 bridgehead atoms. The lowest BCUT2D eigenvalue weighted by Gasteiger charge is -2.30. The van der Waals surface area contributed by atoms with E-state index < -0.39 is 22.2 Å². The van der Waals surface area contributed by atoms with Crippen LogP contribution in [0.15, 0.2) is 37.9 Å². The summed E-state index contributed by atoms with van der Waals surface area (Å²) in [5.74, 6) is 0.541. The van der Waals surface area contributed by atoms with E-state index in [1.54, 1.807) is 18.5 Å². The second kappa shape index (κ2) is 8.26. The molecule has 2 unspecified atom stereocenters. The number of fused-ring (bicyclic) bond motifs is 1. The number of nitrogens with zero attached hydrogens (tertiary/aromatic N) is 3. The maximum atomic E-state index is 12.8. The minimum atomic E-state index is -2.04. The van der Waals surface area contributed by atoms with Gasteiger partial charge >= 0.3 is 6.03 Å². The summed E-state index contributed by atoms with van der Waals surface area (Å²) < 4.78 is 18.2. The average Bonchev–Trinajstić information content (AvgIpc) is 3.42. The van der Waals surface area contributed by atoms with Crippen LogP contribution in [0.4, 0.5) is 4.79 Å². The van der Waals surface area contributed by atoms with E-state index in [0.717, 1.165) is 31.3 Å². The fourth-order valence-corrected chi connectivity index (χ4v) is 5.92. The number of hydrogen-bond acceptors (Lipinski definition) is 6. The second-order valence-corrected chi connectivity index (χ2v) is 10.8. The molecule has 1 fully saturated rings. The lowest BCUT2D eigenvalue weighted by molar-refractivity contribution is -0.114. The van der Waals surface area contributed by atoms with E-state index in [2.05, 4.69) is 21.7 Å². The first-order valence-corrected chi connectivity index (χ1v) is 12.4. The van der Waals surface area contributed by atoms with Crippen LogP contribution in [-0.2, 0) is 25.2 Å². The second-order valence-electron chi connectivity index (χ2n) is 9.74. The molecule has 0 radical (unpaired) electrons. The van der Waals surface area contributed by atoms with Gasteiger partial charge in [0.05, 0.1) is 11.4 Å². The number of urea groups is 1. The Hall–Kier alpha value is -2.26. The summed E-state index contributed by atoms with van der Waals surface area (Å²) in [6.45, 7) is 9.23. The molecular formula is C23H31N4O4S-. The van der Waals surface area contributed by atoms with Gasteiger partial charge in [0.15, 0.2) is 5.78 Å². The Kier molecular flexibility index (Phi) is 5.92. The summed E-state index contributed by atoms with van der Waals surface area (Å²) in [5.41, 5.74) is 3.01. The van der Waals surface area contributed by atoms with Crippen molar-refractivity contribution in [3.8, 4) is 0 Å². The number of Topliss-reactive ketones (excluding diaryl/α,β-unsaturated/α-hetero) is 1. The summed E-state index contributed by atoms with van der Waals surface area (Å²) in [5, 5.41) is 17.6. The maximum absolute atomic E-state index is 12.8. The summed E-state index contributed by atoms with van der Waals surface area (Å²) in [6.07, 6.45) is 4.14. The van der Waals surface area contributed by atoms with Crippen molar-refractivity contribution >= 4 is 22.4 Å². The Morgan fingerprint density at radius 1 is 1.34 bits per heavy atom. The van der Waals surface area contributed by atoms with Crippen LogP contribution in [0, 0.1) is 11.8 Å². The number of nitrogens with one attached hydrogen (secondary N) is 1. The van der Waals surface area contributed by atoms with Gasteiger partial charge in [0.2, 0.25) is 0 Å². The smallest absolute Gasteiger partial charge is 0.322 e. The molecule has 2 N–H and O–H groups in total. The van der Waals surface area contributed by atoms with Gasteiger partial charge in [0.1, 0.15) is 5.60 Å². The van der Waals surface area contributed by atoms with Crippen molar-refractivity contribution in [1.82, 2.24) is 15.1 Å². The van der Waals surface area contributed by atoms with Crippen LogP contribution < -0.4 is 5.32 Å². The van der Waals surface area contributed by atoms with E-state index in [-0.39, 0.29) is 22.8 Å². The highest BCUT2D eigenvalue weighted by Crippen LogP contribution is 2.49. The SMILES string of the molecule is CC1C2=C(CCC2)C(NC(=O)N=[S-](=O)c2cc(C(C)(C)O)n(C(C)C)n2)=C2C(=O)CCC21. The number of carbonyl (C=O) groups excluding carboxylic acids is 2. The molecule has 4 rings (SSSR count). The number of hydrogen-bond donors (Lipinski definition) is 2. The van der Waals surface area contributed by atoms with E-state index >= 15 is 0 Å². The van der Waals surface area contributed by atoms with Crippen LogP contribution in [-0.4, -0.2) is 26.7 Å². The third-order valence-electron chi connectivity index (χ3n) is 6.74. The summed E-state index contributed by atoms with van der Waals surface area (Å²) in [7, 11) is -2.04. The van der Waals surface area contributed by atoms with Gasteiger partial charge in [-0.2, -0.15) is 5.10 Å².